The van der Waals surface area contributed by atoms with Gasteiger partial charge in [0.05, 0.1) is 13.2 Å². The molecular weight excluding hydrogens is 230 g/mol. The van der Waals surface area contributed by atoms with E-state index in [1.165, 1.54) is 6.33 Å². The minimum atomic E-state index is -0.578. The van der Waals surface area contributed by atoms with Crippen LogP contribution in [-0.2, 0) is 13.0 Å². The number of aliphatic hydroxyl groups is 1. The third-order valence-corrected chi connectivity index (χ3v) is 2.87. The van der Waals surface area contributed by atoms with Gasteiger partial charge in [-0.2, -0.15) is 5.10 Å². The van der Waals surface area contributed by atoms with Crippen LogP contribution in [0.4, 0.5) is 0 Å². The van der Waals surface area contributed by atoms with Crippen LogP contribution < -0.4 is 4.74 Å². The SMILES string of the molecule is CCn1ncnc1CC(O)c1ccc(OC)cc1. The summed E-state index contributed by atoms with van der Waals surface area (Å²) in [6.45, 7) is 2.75. The van der Waals surface area contributed by atoms with Gasteiger partial charge in [0.2, 0.25) is 0 Å². The van der Waals surface area contributed by atoms with Crippen molar-refractivity contribution in [1.29, 1.82) is 0 Å². The first-order chi connectivity index (χ1) is 8.74. The van der Waals surface area contributed by atoms with Crippen LogP contribution in [0.2, 0.25) is 0 Å². The number of aliphatic hydroxyl groups excluding tert-OH is 1. The summed E-state index contributed by atoms with van der Waals surface area (Å²) in [6, 6.07) is 7.39. The van der Waals surface area contributed by atoms with Crippen molar-refractivity contribution in [3.8, 4) is 5.75 Å². The quantitative estimate of drug-likeness (QED) is 0.871. The van der Waals surface area contributed by atoms with Gasteiger partial charge in [-0.3, -0.25) is 4.68 Å². The van der Waals surface area contributed by atoms with Gasteiger partial charge in [0, 0.05) is 13.0 Å². The van der Waals surface area contributed by atoms with E-state index in [4.69, 9.17) is 4.74 Å². The molecule has 1 heterocycles. The smallest absolute Gasteiger partial charge is 0.138 e. The van der Waals surface area contributed by atoms with E-state index in [1.54, 1.807) is 11.8 Å². The van der Waals surface area contributed by atoms with Crippen molar-refractivity contribution in [3.05, 3.63) is 42.0 Å². The van der Waals surface area contributed by atoms with E-state index in [-0.39, 0.29) is 0 Å². The Morgan fingerprint density at radius 1 is 1.33 bits per heavy atom. The zero-order valence-corrected chi connectivity index (χ0v) is 10.6. The summed E-state index contributed by atoms with van der Waals surface area (Å²) >= 11 is 0. The van der Waals surface area contributed by atoms with Crippen LogP contribution >= 0.6 is 0 Å². The van der Waals surface area contributed by atoms with Crippen LogP contribution in [-0.4, -0.2) is 27.0 Å². The normalized spacial score (nSPS) is 12.4. The molecule has 18 heavy (non-hydrogen) atoms. The lowest BCUT2D eigenvalue weighted by atomic mass is 10.1. The van der Waals surface area contributed by atoms with Gasteiger partial charge in [0.15, 0.2) is 0 Å². The lowest BCUT2D eigenvalue weighted by molar-refractivity contribution is 0.174. The van der Waals surface area contributed by atoms with Gasteiger partial charge < -0.3 is 9.84 Å². The molecule has 2 rings (SSSR count). The molecule has 0 radical (unpaired) electrons. The molecule has 0 bridgehead atoms. The molecule has 2 aromatic rings. The Labute approximate surface area is 106 Å². The molecule has 96 valence electrons. The van der Waals surface area contributed by atoms with Crippen molar-refractivity contribution < 1.29 is 9.84 Å². The second kappa shape index (κ2) is 5.64. The largest absolute Gasteiger partial charge is 0.497 e. The van der Waals surface area contributed by atoms with Crippen LogP contribution in [0, 0.1) is 0 Å². The van der Waals surface area contributed by atoms with Crippen molar-refractivity contribution in [2.45, 2.75) is 26.0 Å². The zero-order valence-electron chi connectivity index (χ0n) is 10.6. The Morgan fingerprint density at radius 3 is 2.67 bits per heavy atom. The van der Waals surface area contributed by atoms with Crippen LogP contribution in [0.5, 0.6) is 5.75 Å². The standard InChI is InChI=1S/C13H17N3O2/c1-3-16-13(14-9-15-16)8-12(17)10-4-6-11(18-2)7-5-10/h4-7,9,12,17H,3,8H2,1-2H3. The Balaban J connectivity index is 2.09. The van der Waals surface area contributed by atoms with E-state index in [0.29, 0.717) is 6.42 Å². The van der Waals surface area contributed by atoms with Gasteiger partial charge in [0.1, 0.15) is 17.9 Å². The number of ether oxygens (including phenoxy) is 1. The lowest BCUT2D eigenvalue weighted by Crippen LogP contribution is -2.09. The number of hydrogen-bond acceptors (Lipinski definition) is 4. The fourth-order valence-electron chi connectivity index (χ4n) is 1.83. The summed E-state index contributed by atoms with van der Waals surface area (Å²) in [5.74, 6) is 1.57. The van der Waals surface area contributed by atoms with E-state index in [9.17, 15) is 5.11 Å². The zero-order chi connectivity index (χ0) is 13.0. The summed E-state index contributed by atoms with van der Waals surface area (Å²) in [6.07, 6.45) is 1.39. The molecule has 0 amide bonds. The van der Waals surface area contributed by atoms with Crippen LogP contribution in [0.1, 0.15) is 24.4 Å². The predicted molar refractivity (Wildman–Crippen MR) is 67.4 cm³/mol. The highest BCUT2D eigenvalue weighted by atomic mass is 16.5. The summed E-state index contributed by atoms with van der Waals surface area (Å²) < 4.78 is 6.87. The molecule has 0 saturated carbocycles. The predicted octanol–water partition coefficient (Wildman–Crippen LogP) is 1.58. The van der Waals surface area contributed by atoms with Crippen molar-refractivity contribution >= 4 is 0 Å². The molecule has 1 atom stereocenters. The minimum absolute atomic E-state index is 0.459. The van der Waals surface area contributed by atoms with Crippen molar-refractivity contribution in [3.63, 3.8) is 0 Å². The molecule has 1 aromatic carbocycles. The summed E-state index contributed by atoms with van der Waals surface area (Å²) in [5.41, 5.74) is 0.849. The highest BCUT2D eigenvalue weighted by Crippen LogP contribution is 2.20. The van der Waals surface area contributed by atoms with Gasteiger partial charge in [-0.05, 0) is 24.6 Å². The van der Waals surface area contributed by atoms with Crippen molar-refractivity contribution in [2.75, 3.05) is 7.11 Å². The third-order valence-electron chi connectivity index (χ3n) is 2.87. The first-order valence-electron chi connectivity index (χ1n) is 5.93. The number of nitrogens with zero attached hydrogens (tertiary/aromatic N) is 3. The fourth-order valence-corrected chi connectivity index (χ4v) is 1.83. The Hall–Kier alpha value is -1.88. The molecule has 0 aliphatic heterocycles. The second-order valence-electron chi connectivity index (χ2n) is 3.99. The molecule has 0 fully saturated rings. The average Bonchev–Trinajstić information content (AvgIpc) is 2.86. The molecular formula is C13H17N3O2. The van der Waals surface area contributed by atoms with Gasteiger partial charge in [-0.1, -0.05) is 12.1 Å². The second-order valence-corrected chi connectivity index (χ2v) is 3.99. The molecule has 5 heteroatoms. The third kappa shape index (κ3) is 2.68. The van der Waals surface area contributed by atoms with E-state index in [1.807, 2.05) is 31.2 Å². The molecule has 0 aliphatic rings. The number of rotatable bonds is 5. The first-order valence-corrected chi connectivity index (χ1v) is 5.93. The van der Waals surface area contributed by atoms with Crippen molar-refractivity contribution in [1.82, 2.24) is 14.8 Å². The maximum atomic E-state index is 10.2. The topological polar surface area (TPSA) is 60.2 Å². The fraction of sp³-hybridized carbons (Fsp3) is 0.385. The molecule has 1 aromatic heterocycles. The maximum absolute atomic E-state index is 10.2. The van der Waals surface area contributed by atoms with E-state index in [0.717, 1.165) is 23.7 Å². The molecule has 0 saturated heterocycles. The summed E-state index contributed by atoms with van der Waals surface area (Å²) in [5, 5.41) is 14.2. The van der Waals surface area contributed by atoms with Crippen molar-refractivity contribution in [2.24, 2.45) is 0 Å². The molecule has 5 nitrogen and oxygen atoms in total. The van der Waals surface area contributed by atoms with E-state index < -0.39 is 6.10 Å². The van der Waals surface area contributed by atoms with Gasteiger partial charge >= 0.3 is 0 Å². The molecule has 0 spiro atoms. The van der Waals surface area contributed by atoms with Gasteiger partial charge in [-0.15, -0.1) is 0 Å². The average molecular weight is 247 g/mol. The first kappa shape index (κ1) is 12.6. The highest BCUT2D eigenvalue weighted by Gasteiger charge is 2.12. The number of aryl methyl sites for hydroxylation is 1. The summed E-state index contributed by atoms with van der Waals surface area (Å²) in [7, 11) is 1.62. The van der Waals surface area contributed by atoms with E-state index in [2.05, 4.69) is 10.1 Å². The lowest BCUT2D eigenvalue weighted by Gasteiger charge is -2.11. The number of benzene rings is 1. The van der Waals surface area contributed by atoms with Crippen LogP contribution in [0.3, 0.4) is 0 Å². The molecule has 1 unspecified atom stereocenters. The number of methoxy groups -OCH3 is 1. The number of hydrogen-bond donors (Lipinski definition) is 1. The number of aromatic nitrogens is 3. The van der Waals surface area contributed by atoms with Crippen LogP contribution in [0.15, 0.2) is 30.6 Å². The molecule has 1 N–H and O–H groups in total. The monoisotopic (exact) mass is 247 g/mol. The van der Waals surface area contributed by atoms with Gasteiger partial charge in [-0.25, -0.2) is 4.98 Å². The molecule has 0 aliphatic carbocycles. The Morgan fingerprint density at radius 2 is 2.06 bits per heavy atom. The van der Waals surface area contributed by atoms with Crippen LogP contribution in [0.25, 0.3) is 0 Å². The Kier molecular flexibility index (Phi) is 3.94. The van der Waals surface area contributed by atoms with E-state index >= 15 is 0 Å². The summed E-state index contributed by atoms with van der Waals surface area (Å²) in [4.78, 5) is 4.15. The highest BCUT2D eigenvalue weighted by molar-refractivity contribution is 5.28. The maximum Gasteiger partial charge on any atom is 0.138 e. The minimum Gasteiger partial charge on any atom is -0.497 e. The Bertz CT molecular complexity index is 493. The van der Waals surface area contributed by atoms with Gasteiger partial charge in [0.25, 0.3) is 0 Å².